The lowest BCUT2D eigenvalue weighted by Crippen LogP contribution is -2.25. The van der Waals surface area contributed by atoms with E-state index in [1.807, 2.05) is 6.92 Å². The summed E-state index contributed by atoms with van der Waals surface area (Å²) in [5.74, 6) is 0.345. The normalized spacial score (nSPS) is 15.4. The molecule has 5 heteroatoms. The largest absolute Gasteiger partial charge is 0.305 e. The maximum absolute atomic E-state index is 12.1. The van der Waals surface area contributed by atoms with E-state index < -0.39 is 0 Å². The average molecular weight is 231 g/mol. The van der Waals surface area contributed by atoms with Crippen molar-refractivity contribution in [3.63, 3.8) is 0 Å². The molecule has 0 bridgehead atoms. The van der Waals surface area contributed by atoms with Gasteiger partial charge in [0.05, 0.1) is 12.2 Å². The number of ketones is 1. The molecule has 1 aliphatic rings. The molecule has 0 aliphatic heterocycles. The molecule has 0 saturated heterocycles. The van der Waals surface area contributed by atoms with Crippen LogP contribution in [-0.4, -0.2) is 20.0 Å². The van der Waals surface area contributed by atoms with Gasteiger partial charge < -0.3 is 4.57 Å². The highest BCUT2D eigenvalue weighted by molar-refractivity contribution is 5.83. The first-order valence-corrected chi connectivity index (χ1v) is 5.73. The Morgan fingerprint density at radius 1 is 1.47 bits per heavy atom. The fourth-order valence-electron chi connectivity index (χ4n) is 1.98. The zero-order valence-corrected chi connectivity index (χ0v) is 9.59. The van der Waals surface area contributed by atoms with Crippen LogP contribution in [0.25, 0.3) is 5.52 Å². The van der Waals surface area contributed by atoms with Gasteiger partial charge in [-0.1, -0.05) is 0 Å². The number of fused-ring (bicyclic) bond motifs is 1. The topological polar surface area (TPSA) is 56.4 Å². The highest BCUT2D eigenvalue weighted by atomic mass is 16.1. The third-order valence-corrected chi connectivity index (χ3v) is 3.08. The number of nitrogens with zero attached hydrogens (tertiary/aromatic N) is 3. The summed E-state index contributed by atoms with van der Waals surface area (Å²) < 4.78 is 3.02. The Labute approximate surface area is 97.7 Å². The van der Waals surface area contributed by atoms with Crippen molar-refractivity contribution in [2.75, 3.05) is 0 Å². The van der Waals surface area contributed by atoms with Gasteiger partial charge in [0.15, 0.2) is 5.78 Å². The summed E-state index contributed by atoms with van der Waals surface area (Å²) in [4.78, 5) is 23.8. The molecule has 0 atom stereocenters. The highest BCUT2D eigenvalue weighted by Crippen LogP contribution is 2.30. The SMILES string of the molecule is Cc1cc2c(=O)n(CC(=O)C3CC3)ccn2n1. The smallest absolute Gasteiger partial charge is 0.276 e. The van der Waals surface area contributed by atoms with E-state index >= 15 is 0 Å². The van der Waals surface area contributed by atoms with Crippen LogP contribution in [-0.2, 0) is 11.3 Å². The summed E-state index contributed by atoms with van der Waals surface area (Å²) in [5.41, 5.74) is 1.17. The highest BCUT2D eigenvalue weighted by Gasteiger charge is 2.29. The number of rotatable bonds is 3. The van der Waals surface area contributed by atoms with Crippen molar-refractivity contribution >= 4 is 11.3 Å². The molecule has 0 aromatic carbocycles. The van der Waals surface area contributed by atoms with E-state index in [4.69, 9.17) is 0 Å². The summed E-state index contributed by atoms with van der Waals surface area (Å²) in [6, 6.07) is 1.74. The Kier molecular flexibility index (Phi) is 2.14. The van der Waals surface area contributed by atoms with Crippen LogP contribution in [0, 0.1) is 12.8 Å². The molecule has 5 nitrogen and oxygen atoms in total. The molecule has 0 unspecified atom stereocenters. The van der Waals surface area contributed by atoms with Crippen molar-refractivity contribution in [1.82, 2.24) is 14.2 Å². The Balaban J connectivity index is 2.01. The van der Waals surface area contributed by atoms with Gasteiger partial charge >= 0.3 is 0 Å². The Hall–Kier alpha value is -1.91. The van der Waals surface area contributed by atoms with E-state index in [0.717, 1.165) is 18.5 Å². The van der Waals surface area contributed by atoms with Crippen molar-refractivity contribution in [2.45, 2.75) is 26.3 Å². The second-order valence-electron chi connectivity index (χ2n) is 4.59. The number of aryl methyl sites for hydroxylation is 1. The third kappa shape index (κ3) is 1.77. The summed E-state index contributed by atoms with van der Waals surface area (Å²) in [7, 11) is 0. The molecule has 0 amide bonds. The zero-order valence-electron chi connectivity index (χ0n) is 9.59. The zero-order chi connectivity index (χ0) is 12.0. The number of carbonyl (C=O) groups excluding carboxylic acids is 1. The fourth-order valence-corrected chi connectivity index (χ4v) is 1.98. The van der Waals surface area contributed by atoms with Gasteiger partial charge in [-0.15, -0.1) is 0 Å². The lowest BCUT2D eigenvalue weighted by atomic mass is 10.2. The van der Waals surface area contributed by atoms with E-state index in [-0.39, 0.29) is 23.8 Å². The summed E-state index contributed by atoms with van der Waals surface area (Å²) >= 11 is 0. The van der Waals surface area contributed by atoms with Crippen LogP contribution >= 0.6 is 0 Å². The first-order valence-electron chi connectivity index (χ1n) is 5.73. The first kappa shape index (κ1) is 10.3. The van der Waals surface area contributed by atoms with Gasteiger partial charge in [0.1, 0.15) is 5.52 Å². The van der Waals surface area contributed by atoms with Gasteiger partial charge in [-0.2, -0.15) is 5.10 Å². The van der Waals surface area contributed by atoms with Gasteiger partial charge in [-0.05, 0) is 25.8 Å². The van der Waals surface area contributed by atoms with Crippen molar-refractivity contribution in [3.05, 3.63) is 34.5 Å². The van der Waals surface area contributed by atoms with Gasteiger partial charge in [0.25, 0.3) is 5.56 Å². The number of aromatic nitrogens is 3. The minimum atomic E-state index is -0.151. The second-order valence-corrected chi connectivity index (χ2v) is 4.59. The maximum atomic E-state index is 12.1. The first-order chi connectivity index (χ1) is 8.15. The fraction of sp³-hybridized carbons (Fsp3) is 0.417. The molecule has 0 radical (unpaired) electrons. The third-order valence-electron chi connectivity index (χ3n) is 3.08. The summed E-state index contributed by atoms with van der Waals surface area (Å²) in [5, 5.41) is 4.16. The minimum absolute atomic E-state index is 0.151. The minimum Gasteiger partial charge on any atom is -0.305 e. The molecular weight excluding hydrogens is 218 g/mol. The van der Waals surface area contributed by atoms with Crippen LogP contribution in [0.2, 0.25) is 0 Å². The molecule has 1 fully saturated rings. The van der Waals surface area contributed by atoms with Gasteiger partial charge in [0, 0.05) is 18.3 Å². The number of carbonyl (C=O) groups is 1. The van der Waals surface area contributed by atoms with Gasteiger partial charge in [-0.3, -0.25) is 9.59 Å². The number of hydrogen-bond donors (Lipinski definition) is 0. The number of Topliss-reactive ketones (excluding diaryl/α,β-unsaturated/α-hetero) is 1. The molecule has 2 heterocycles. The summed E-state index contributed by atoms with van der Waals surface area (Å²) in [6.07, 6.45) is 5.29. The predicted molar refractivity (Wildman–Crippen MR) is 61.9 cm³/mol. The van der Waals surface area contributed by atoms with Crippen molar-refractivity contribution in [1.29, 1.82) is 0 Å². The van der Waals surface area contributed by atoms with E-state index in [0.29, 0.717) is 5.52 Å². The molecule has 2 aromatic heterocycles. The van der Waals surface area contributed by atoms with Crippen LogP contribution in [0.3, 0.4) is 0 Å². The van der Waals surface area contributed by atoms with Crippen molar-refractivity contribution < 1.29 is 4.79 Å². The lowest BCUT2D eigenvalue weighted by molar-refractivity contribution is -0.120. The predicted octanol–water partition coefficient (Wildman–Crippen LogP) is 0.784. The monoisotopic (exact) mass is 231 g/mol. The maximum Gasteiger partial charge on any atom is 0.276 e. The van der Waals surface area contributed by atoms with E-state index in [9.17, 15) is 9.59 Å². The van der Waals surface area contributed by atoms with Crippen molar-refractivity contribution in [2.24, 2.45) is 5.92 Å². The molecular formula is C12H13N3O2. The molecule has 17 heavy (non-hydrogen) atoms. The molecule has 0 N–H and O–H groups in total. The Morgan fingerprint density at radius 3 is 2.94 bits per heavy atom. The number of hydrogen-bond acceptors (Lipinski definition) is 3. The standard InChI is InChI=1S/C12H13N3O2/c1-8-6-10-12(17)14(4-5-15(10)13-8)7-11(16)9-2-3-9/h4-6,9H,2-3,7H2,1H3. The molecule has 3 rings (SSSR count). The van der Waals surface area contributed by atoms with E-state index in [1.165, 1.54) is 4.57 Å². The molecule has 2 aromatic rings. The van der Waals surface area contributed by atoms with Crippen LogP contribution < -0.4 is 5.56 Å². The van der Waals surface area contributed by atoms with Crippen LogP contribution in [0.5, 0.6) is 0 Å². The lowest BCUT2D eigenvalue weighted by Gasteiger charge is -2.04. The van der Waals surface area contributed by atoms with Crippen LogP contribution in [0.1, 0.15) is 18.5 Å². The van der Waals surface area contributed by atoms with Crippen LogP contribution in [0.4, 0.5) is 0 Å². The quantitative estimate of drug-likeness (QED) is 0.784. The van der Waals surface area contributed by atoms with Crippen LogP contribution in [0.15, 0.2) is 23.3 Å². The molecule has 1 aliphatic carbocycles. The van der Waals surface area contributed by atoms with Gasteiger partial charge in [0.2, 0.25) is 0 Å². The van der Waals surface area contributed by atoms with Crippen molar-refractivity contribution in [3.8, 4) is 0 Å². The average Bonchev–Trinajstić information content (AvgIpc) is 3.06. The van der Waals surface area contributed by atoms with E-state index in [2.05, 4.69) is 5.10 Å². The second kappa shape index (κ2) is 3.55. The van der Waals surface area contributed by atoms with E-state index in [1.54, 1.807) is 23.0 Å². The molecule has 88 valence electrons. The molecule has 0 spiro atoms. The van der Waals surface area contributed by atoms with Gasteiger partial charge in [-0.25, -0.2) is 4.52 Å². The Morgan fingerprint density at radius 2 is 2.24 bits per heavy atom. The molecule has 1 saturated carbocycles. The summed E-state index contributed by atoms with van der Waals surface area (Å²) in [6.45, 7) is 2.02. The Bertz CT molecular complexity index is 649.